The maximum atomic E-state index is 13.8. The first-order valence-corrected chi connectivity index (χ1v) is 5.37. The maximum absolute atomic E-state index is 13.8. The molecule has 5 heteroatoms. The number of nitrogens with zero attached hydrogens (tertiary/aromatic N) is 1. The van der Waals surface area contributed by atoms with Gasteiger partial charge in [-0.15, -0.1) is 0 Å². The van der Waals surface area contributed by atoms with E-state index in [1.54, 1.807) is 18.2 Å². The molecule has 2 heterocycles. The molecule has 4 nitrogen and oxygen atoms in total. The van der Waals surface area contributed by atoms with Crippen molar-refractivity contribution in [2.45, 2.75) is 0 Å². The van der Waals surface area contributed by atoms with Crippen molar-refractivity contribution < 1.29 is 18.6 Å². The summed E-state index contributed by atoms with van der Waals surface area (Å²) in [5.74, 6) is 1.31. The van der Waals surface area contributed by atoms with E-state index in [4.69, 9.17) is 14.2 Å². The van der Waals surface area contributed by atoms with Gasteiger partial charge in [0.15, 0.2) is 11.5 Å². The van der Waals surface area contributed by atoms with Crippen LogP contribution >= 0.6 is 0 Å². The number of pyridine rings is 1. The zero-order valence-corrected chi connectivity index (χ0v) is 9.64. The number of fused-ring (bicyclic) bond motifs is 1. The molecule has 0 spiro atoms. The minimum Gasteiger partial charge on any atom is -0.496 e. The van der Waals surface area contributed by atoms with Crippen molar-refractivity contribution in [3.8, 4) is 28.4 Å². The number of ether oxygens (including phenoxy) is 3. The lowest BCUT2D eigenvalue weighted by Crippen LogP contribution is -1.92. The molecule has 0 saturated carbocycles. The predicted molar refractivity (Wildman–Crippen MR) is 62.3 cm³/mol. The number of hydrogen-bond acceptors (Lipinski definition) is 4. The van der Waals surface area contributed by atoms with Gasteiger partial charge in [0.25, 0.3) is 0 Å². The van der Waals surface area contributed by atoms with Crippen molar-refractivity contribution in [1.82, 2.24) is 4.98 Å². The molecule has 18 heavy (non-hydrogen) atoms. The fourth-order valence-corrected chi connectivity index (χ4v) is 1.90. The molecule has 0 atom stereocenters. The normalized spacial score (nSPS) is 12.6. The summed E-state index contributed by atoms with van der Waals surface area (Å²) < 4.78 is 29.5. The summed E-state index contributed by atoms with van der Waals surface area (Å²) in [5, 5.41) is 0. The Morgan fingerprint density at radius 2 is 2.00 bits per heavy atom. The molecule has 0 N–H and O–H groups in total. The molecule has 0 radical (unpaired) electrons. The van der Waals surface area contributed by atoms with E-state index in [-0.39, 0.29) is 6.79 Å². The Morgan fingerprint density at radius 3 is 2.72 bits per heavy atom. The van der Waals surface area contributed by atoms with Crippen LogP contribution in [0.25, 0.3) is 11.1 Å². The van der Waals surface area contributed by atoms with Crippen LogP contribution in [0.4, 0.5) is 4.39 Å². The molecule has 0 bridgehead atoms. The largest absolute Gasteiger partial charge is 0.496 e. The first kappa shape index (κ1) is 10.8. The highest BCUT2D eigenvalue weighted by Crippen LogP contribution is 2.42. The third-order valence-electron chi connectivity index (χ3n) is 2.76. The molecule has 3 rings (SSSR count). The third kappa shape index (κ3) is 1.64. The van der Waals surface area contributed by atoms with Gasteiger partial charge >= 0.3 is 0 Å². The SMILES string of the molecule is COc1cc2c(cc1-c1ccncc1F)OCO2. The Morgan fingerprint density at radius 1 is 1.22 bits per heavy atom. The molecule has 2 aromatic rings. The average Bonchev–Trinajstić information content (AvgIpc) is 2.85. The van der Waals surface area contributed by atoms with Crippen LogP contribution in [-0.4, -0.2) is 18.9 Å². The van der Waals surface area contributed by atoms with Gasteiger partial charge < -0.3 is 14.2 Å². The van der Waals surface area contributed by atoms with E-state index in [9.17, 15) is 4.39 Å². The van der Waals surface area contributed by atoms with Gasteiger partial charge in [-0.25, -0.2) is 4.39 Å². The summed E-state index contributed by atoms with van der Waals surface area (Å²) in [4.78, 5) is 3.73. The number of rotatable bonds is 2. The minimum absolute atomic E-state index is 0.167. The lowest BCUT2D eigenvalue weighted by molar-refractivity contribution is 0.174. The topological polar surface area (TPSA) is 40.6 Å². The van der Waals surface area contributed by atoms with Crippen LogP contribution in [0.1, 0.15) is 0 Å². The highest BCUT2D eigenvalue weighted by molar-refractivity contribution is 5.74. The maximum Gasteiger partial charge on any atom is 0.231 e. The van der Waals surface area contributed by atoms with Gasteiger partial charge in [0, 0.05) is 23.4 Å². The van der Waals surface area contributed by atoms with Crippen molar-refractivity contribution in [3.63, 3.8) is 0 Å². The molecule has 0 amide bonds. The van der Waals surface area contributed by atoms with E-state index >= 15 is 0 Å². The highest BCUT2D eigenvalue weighted by atomic mass is 19.1. The predicted octanol–water partition coefficient (Wildman–Crippen LogP) is 2.63. The Balaban J connectivity index is 2.20. The molecule has 0 saturated heterocycles. The lowest BCUT2D eigenvalue weighted by Gasteiger charge is -2.10. The second kappa shape index (κ2) is 4.18. The Bertz CT molecular complexity index is 601. The first-order chi connectivity index (χ1) is 8.79. The van der Waals surface area contributed by atoms with Gasteiger partial charge in [0.2, 0.25) is 6.79 Å². The van der Waals surface area contributed by atoms with Crippen LogP contribution in [0, 0.1) is 5.82 Å². The smallest absolute Gasteiger partial charge is 0.231 e. The van der Waals surface area contributed by atoms with Crippen LogP contribution in [0.3, 0.4) is 0 Å². The second-order valence-electron chi connectivity index (χ2n) is 3.76. The van der Waals surface area contributed by atoms with E-state index in [1.165, 1.54) is 19.5 Å². The zero-order valence-electron chi connectivity index (χ0n) is 9.64. The van der Waals surface area contributed by atoms with E-state index in [0.29, 0.717) is 28.4 Å². The van der Waals surface area contributed by atoms with E-state index < -0.39 is 5.82 Å². The lowest BCUT2D eigenvalue weighted by atomic mass is 10.0. The van der Waals surface area contributed by atoms with E-state index in [2.05, 4.69) is 4.98 Å². The van der Waals surface area contributed by atoms with Crippen molar-refractivity contribution in [3.05, 3.63) is 36.4 Å². The van der Waals surface area contributed by atoms with Crippen molar-refractivity contribution in [1.29, 1.82) is 0 Å². The van der Waals surface area contributed by atoms with Gasteiger partial charge in [-0.05, 0) is 12.1 Å². The number of methoxy groups -OCH3 is 1. The summed E-state index contributed by atoms with van der Waals surface area (Å²) in [6.07, 6.45) is 2.70. The van der Waals surface area contributed by atoms with E-state index in [0.717, 1.165) is 0 Å². The average molecular weight is 247 g/mol. The molecule has 0 unspecified atom stereocenters. The number of aromatic nitrogens is 1. The monoisotopic (exact) mass is 247 g/mol. The fraction of sp³-hybridized carbons (Fsp3) is 0.154. The van der Waals surface area contributed by atoms with E-state index in [1.807, 2.05) is 0 Å². The summed E-state index contributed by atoms with van der Waals surface area (Å²) in [7, 11) is 1.53. The molecule has 0 fully saturated rings. The molecule has 92 valence electrons. The molecule has 1 aromatic heterocycles. The number of benzene rings is 1. The Labute approximate surface area is 103 Å². The fourth-order valence-electron chi connectivity index (χ4n) is 1.90. The second-order valence-corrected chi connectivity index (χ2v) is 3.76. The number of halogens is 1. The Kier molecular flexibility index (Phi) is 2.51. The summed E-state index contributed by atoms with van der Waals surface area (Å²) in [6, 6.07) is 4.99. The summed E-state index contributed by atoms with van der Waals surface area (Å²) in [6.45, 7) is 0.167. The van der Waals surface area contributed by atoms with Gasteiger partial charge in [0.05, 0.1) is 13.3 Å². The van der Waals surface area contributed by atoms with Crippen molar-refractivity contribution in [2.75, 3.05) is 13.9 Å². The molecule has 1 aliphatic rings. The van der Waals surface area contributed by atoms with Gasteiger partial charge in [-0.2, -0.15) is 0 Å². The highest BCUT2D eigenvalue weighted by Gasteiger charge is 2.20. The number of hydrogen-bond donors (Lipinski definition) is 0. The summed E-state index contributed by atoms with van der Waals surface area (Å²) in [5.41, 5.74) is 1.03. The van der Waals surface area contributed by atoms with Gasteiger partial charge in [-0.1, -0.05) is 0 Å². The Hall–Kier alpha value is -2.30. The zero-order chi connectivity index (χ0) is 12.5. The molecule has 0 aliphatic carbocycles. The molecule has 1 aromatic carbocycles. The quantitative estimate of drug-likeness (QED) is 0.818. The van der Waals surface area contributed by atoms with Crippen LogP contribution in [0.5, 0.6) is 17.2 Å². The molecular weight excluding hydrogens is 237 g/mol. The minimum atomic E-state index is -0.408. The first-order valence-electron chi connectivity index (χ1n) is 5.37. The van der Waals surface area contributed by atoms with Gasteiger partial charge in [0.1, 0.15) is 11.6 Å². The van der Waals surface area contributed by atoms with Crippen molar-refractivity contribution >= 4 is 0 Å². The van der Waals surface area contributed by atoms with Crippen LogP contribution in [-0.2, 0) is 0 Å². The molecule has 1 aliphatic heterocycles. The molecular formula is C13H10FNO3. The van der Waals surface area contributed by atoms with Crippen LogP contribution in [0.15, 0.2) is 30.6 Å². The van der Waals surface area contributed by atoms with Crippen LogP contribution in [0.2, 0.25) is 0 Å². The van der Waals surface area contributed by atoms with Crippen LogP contribution < -0.4 is 14.2 Å². The van der Waals surface area contributed by atoms with Gasteiger partial charge in [-0.3, -0.25) is 4.98 Å². The summed E-state index contributed by atoms with van der Waals surface area (Å²) >= 11 is 0. The third-order valence-corrected chi connectivity index (χ3v) is 2.76. The van der Waals surface area contributed by atoms with Crippen molar-refractivity contribution in [2.24, 2.45) is 0 Å². The standard InChI is InChI=1S/C13H10FNO3/c1-16-11-5-13-12(17-7-18-13)4-9(11)8-2-3-15-6-10(8)14/h2-6H,7H2,1H3.